The molecule has 0 aromatic heterocycles. The number of carbonyl (C=O) groups excluding carboxylic acids is 1. The van der Waals surface area contributed by atoms with Gasteiger partial charge in [-0.1, -0.05) is 17.2 Å². The number of amides is 1. The lowest BCUT2D eigenvalue weighted by Gasteiger charge is -2.40. The Morgan fingerprint density at radius 1 is 1.50 bits per heavy atom. The van der Waals surface area contributed by atoms with Crippen LogP contribution >= 0.6 is 0 Å². The number of rotatable bonds is 1. The van der Waals surface area contributed by atoms with Crippen LogP contribution in [0, 0.1) is 11.3 Å². The van der Waals surface area contributed by atoms with E-state index in [1.807, 2.05) is 13.8 Å². The van der Waals surface area contributed by atoms with Gasteiger partial charge in [-0.25, -0.2) is 0 Å². The highest BCUT2D eigenvalue weighted by Crippen LogP contribution is 2.46. The van der Waals surface area contributed by atoms with Crippen molar-refractivity contribution in [1.29, 1.82) is 0 Å². The fourth-order valence-corrected chi connectivity index (χ4v) is 2.55. The van der Waals surface area contributed by atoms with Gasteiger partial charge in [0.25, 0.3) is 0 Å². The molecular weight excluding hydrogens is 206 g/mol. The molecular formula is C12H15NO3. The molecule has 4 nitrogen and oxygen atoms in total. The molecule has 1 heterocycles. The van der Waals surface area contributed by atoms with E-state index in [0.29, 0.717) is 12.8 Å². The zero-order chi connectivity index (χ0) is 11.9. The lowest BCUT2D eigenvalue weighted by molar-refractivity contribution is -0.154. The summed E-state index contributed by atoms with van der Waals surface area (Å²) in [5, 5.41) is 12.0. The molecule has 86 valence electrons. The Morgan fingerprint density at radius 2 is 2.19 bits per heavy atom. The summed E-state index contributed by atoms with van der Waals surface area (Å²) in [5.41, 5.74) is 1.18. The number of hydrogen-bond donors (Lipinski definition) is 2. The summed E-state index contributed by atoms with van der Waals surface area (Å²) in [6, 6.07) is 0. The molecule has 1 amide bonds. The van der Waals surface area contributed by atoms with E-state index in [0.717, 1.165) is 11.1 Å². The van der Waals surface area contributed by atoms with Crippen LogP contribution < -0.4 is 5.32 Å². The predicted octanol–water partition coefficient (Wildman–Crippen LogP) is 1.45. The van der Waals surface area contributed by atoms with Gasteiger partial charge in [0.1, 0.15) is 5.41 Å². The Kier molecular flexibility index (Phi) is 2.37. The van der Waals surface area contributed by atoms with Gasteiger partial charge >= 0.3 is 5.97 Å². The minimum absolute atomic E-state index is 0.184. The van der Waals surface area contributed by atoms with Gasteiger partial charge < -0.3 is 10.4 Å². The smallest absolute Gasteiger partial charge is 0.314 e. The molecule has 2 N–H and O–H groups in total. The number of fused-ring (bicyclic) bond motifs is 1. The van der Waals surface area contributed by atoms with Crippen molar-refractivity contribution in [2.45, 2.75) is 26.7 Å². The summed E-state index contributed by atoms with van der Waals surface area (Å²) in [7, 11) is 0. The third kappa shape index (κ3) is 1.37. The highest BCUT2D eigenvalue weighted by Gasteiger charge is 2.51. The van der Waals surface area contributed by atoms with E-state index in [1.54, 1.807) is 6.08 Å². The molecule has 16 heavy (non-hydrogen) atoms. The minimum atomic E-state index is -1.04. The third-order valence-electron chi connectivity index (χ3n) is 3.74. The summed E-state index contributed by atoms with van der Waals surface area (Å²) in [6.45, 7) is 3.91. The quantitative estimate of drug-likeness (QED) is 0.658. The van der Waals surface area contributed by atoms with Crippen LogP contribution in [0.3, 0.4) is 0 Å². The first-order valence-corrected chi connectivity index (χ1v) is 5.34. The molecule has 0 fully saturated rings. The van der Waals surface area contributed by atoms with Crippen molar-refractivity contribution in [2.24, 2.45) is 11.3 Å². The van der Waals surface area contributed by atoms with Crippen LogP contribution in [0.4, 0.5) is 0 Å². The van der Waals surface area contributed by atoms with Gasteiger partial charge in [0, 0.05) is 6.20 Å². The molecule has 1 aliphatic heterocycles. The Morgan fingerprint density at radius 3 is 2.81 bits per heavy atom. The third-order valence-corrected chi connectivity index (χ3v) is 3.74. The number of nitrogens with one attached hydrogen (secondary N) is 1. The molecule has 0 unspecified atom stereocenters. The second kappa shape index (κ2) is 3.47. The van der Waals surface area contributed by atoms with E-state index in [4.69, 9.17) is 0 Å². The fourth-order valence-electron chi connectivity index (χ4n) is 2.55. The highest BCUT2D eigenvalue weighted by atomic mass is 16.4. The molecule has 2 atom stereocenters. The fraction of sp³-hybridized carbons (Fsp3) is 0.500. The van der Waals surface area contributed by atoms with Gasteiger partial charge in [0.05, 0.1) is 5.92 Å². The Hall–Kier alpha value is -1.58. The molecule has 0 spiro atoms. The predicted molar refractivity (Wildman–Crippen MR) is 58.4 cm³/mol. The van der Waals surface area contributed by atoms with Gasteiger partial charge in [-0.2, -0.15) is 0 Å². The molecule has 0 saturated carbocycles. The Labute approximate surface area is 94.0 Å². The normalized spacial score (nSPS) is 33.4. The number of allylic oxidation sites excluding steroid dienone is 2. The largest absolute Gasteiger partial charge is 0.481 e. The van der Waals surface area contributed by atoms with E-state index >= 15 is 0 Å². The summed E-state index contributed by atoms with van der Waals surface area (Å²) in [5.74, 6) is -1.56. The molecule has 0 aromatic rings. The lowest BCUT2D eigenvalue weighted by atomic mass is 9.63. The first-order valence-electron chi connectivity index (χ1n) is 5.34. The molecule has 2 aliphatic rings. The molecule has 2 rings (SSSR count). The lowest BCUT2D eigenvalue weighted by Crippen LogP contribution is -2.49. The van der Waals surface area contributed by atoms with Crippen LogP contribution in [0.5, 0.6) is 0 Å². The SMILES string of the molecule is CC1=C(C)C[C@]2(C(=O)O)C=CNC(=O)[C@@H]2C1. The monoisotopic (exact) mass is 221 g/mol. The molecule has 0 aromatic carbocycles. The van der Waals surface area contributed by atoms with Crippen LogP contribution in [-0.2, 0) is 9.59 Å². The van der Waals surface area contributed by atoms with Crippen LogP contribution in [0.25, 0.3) is 0 Å². The summed E-state index contributed by atoms with van der Waals surface area (Å²) in [4.78, 5) is 23.2. The number of carboxylic acids is 1. The molecule has 0 bridgehead atoms. The van der Waals surface area contributed by atoms with Crippen molar-refractivity contribution in [3.05, 3.63) is 23.4 Å². The van der Waals surface area contributed by atoms with E-state index < -0.39 is 17.3 Å². The Bertz CT molecular complexity index is 422. The number of aliphatic carboxylic acids is 1. The number of hydrogen-bond acceptors (Lipinski definition) is 2. The van der Waals surface area contributed by atoms with Crippen LogP contribution in [0.1, 0.15) is 26.7 Å². The van der Waals surface area contributed by atoms with Crippen LogP contribution in [0.15, 0.2) is 23.4 Å². The second-order valence-corrected chi connectivity index (χ2v) is 4.68. The zero-order valence-electron chi connectivity index (χ0n) is 9.41. The average Bonchev–Trinajstić information content (AvgIpc) is 2.21. The molecule has 0 saturated heterocycles. The van der Waals surface area contributed by atoms with Crippen molar-refractivity contribution in [3.8, 4) is 0 Å². The van der Waals surface area contributed by atoms with Crippen LogP contribution in [-0.4, -0.2) is 17.0 Å². The van der Waals surface area contributed by atoms with Gasteiger partial charge in [-0.05, 0) is 26.7 Å². The number of carbonyl (C=O) groups is 2. The highest BCUT2D eigenvalue weighted by molar-refractivity contribution is 5.91. The van der Waals surface area contributed by atoms with Crippen molar-refractivity contribution >= 4 is 11.9 Å². The van der Waals surface area contributed by atoms with Crippen LogP contribution in [0.2, 0.25) is 0 Å². The molecule has 4 heteroatoms. The van der Waals surface area contributed by atoms with E-state index in [2.05, 4.69) is 5.32 Å². The zero-order valence-corrected chi connectivity index (χ0v) is 9.41. The average molecular weight is 221 g/mol. The first kappa shape index (κ1) is 10.9. The maximum Gasteiger partial charge on any atom is 0.314 e. The standard InChI is InChI=1S/C12H15NO3/c1-7-5-9-10(14)13-4-3-12(9,11(15)16)6-8(7)2/h3-4,9H,5-6H2,1-2H3,(H,13,14)(H,15,16)/t9-,12+/m0/s1. The maximum atomic E-state index is 11.7. The van der Waals surface area contributed by atoms with Gasteiger partial charge in [0.15, 0.2) is 0 Å². The maximum absolute atomic E-state index is 11.7. The van der Waals surface area contributed by atoms with Crippen molar-refractivity contribution in [3.63, 3.8) is 0 Å². The summed E-state index contributed by atoms with van der Waals surface area (Å²) < 4.78 is 0. The summed E-state index contributed by atoms with van der Waals surface area (Å²) >= 11 is 0. The van der Waals surface area contributed by atoms with Crippen molar-refractivity contribution in [1.82, 2.24) is 5.32 Å². The molecule has 1 aliphatic carbocycles. The van der Waals surface area contributed by atoms with Gasteiger partial charge in [0.2, 0.25) is 5.91 Å². The first-order chi connectivity index (χ1) is 7.47. The van der Waals surface area contributed by atoms with Crippen molar-refractivity contribution in [2.75, 3.05) is 0 Å². The van der Waals surface area contributed by atoms with E-state index in [9.17, 15) is 14.7 Å². The van der Waals surface area contributed by atoms with E-state index in [-0.39, 0.29) is 5.91 Å². The van der Waals surface area contributed by atoms with E-state index in [1.165, 1.54) is 6.20 Å². The topological polar surface area (TPSA) is 66.4 Å². The van der Waals surface area contributed by atoms with Crippen molar-refractivity contribution < 1.29 is 14.7 Å². The molecule has 0 radical (unpaired) electrons. The summed E-state index contributed by atoms with van der Waals surface area (Å²) in [6.07, 6.45) is 4.05. The Balaban J connectivity index is 2.52. The number of carboxylic acid groups (broad SMARTS) is 1. The second-order valence-electron chi connectivity index (χ2n) is 4.68. The minimum Gasteiger partial charge on any atom is -0.481 e. The van der Waals surface area contributed by atoms with Gasteiger partial charge in [-0.15, -0.1) is 0 Å². The van der Waals surface area contributed by atoms with Gasteiger partial charge in [-0.3, -0.25) is 9.59 Å².